The molecule has 1 aliphatic carbocycles. The molecular weight excluding hydrogens is 348 g/mol. The number of nitrogens with zero attached hydrogens (tertiary/aromatic N) is 3. The lowest BCUT2D eigenvalue weighted by molar-refractivity contribution is -0.126. The summed E-state index contributed by atoms with van der Waals surface area (Å²) < 4.78 is 0. The minimum atomic E-state index is 0.0901. The Morgan fingerprint density at radius 2 is 2.04 bits per heavy atom. The molecule has 0 aromatic carbocycles. The number of amides is 1. The molecule has 2 aliphatic rings. The first kappa shape index (κ1) is 20.3. The summed E-state index contributed by atoms with van der Waals surface area (Å²) >= 11 is 0. The smallest absolute Gasteiger partial charge is 0.254 e. The number of likely N-dealkylation sites (tertiary alicyclic amines) is 1. The number of carbonyl (C=O) groups excluding carboxylic acids is 1. The van der Waals surface area contributed by atoms with Gasteiger partial charge in [0, 0.05) is 48.1 Å². The van der Waals surface area contributed by atoms with Gasteiger partial charge < -0.3 is 10.2 Å². The third-order valence-electron chi connectivity index (χ3n) is 5.89. The number of hydrogen-bond acceptors (Lipinski definition) is 4. The second kappa shape index (κ2) is 8.29. The van der Waals surface area contributed by atoms with E-state index in [4.69, 9.17) is 0 Å². The van der Waals surface area contributed by atoms with Gasteiger partial charge in [-0.15, -0.1) is 0 Å². The zero-order valence-corrected chi connectivity index (χ0v) is 17.6. The van der Waals surface area contributed by atoms with Crippen LogP contribution in [-0.4, -0.2) is 41.1 Å². The van der Waals surface area contributed by atoms with E-state index in [1.54, 1.807) is 0 Å². The van der Waals surface area contributed by atoms with Crippen LogP contribution < -0.4 is 5.32 Å². The fraction of sp³-hybridized carbons (Fsp3) is 0.522. The van der Waals surface area contributed by atoms with Crippen LogP contribution in [0.1, 0.15) is 64.9 Å². The molecule has 1 aromatic rings. The van der Waals surface area contributed by atoms with Crippen LogP contribution in [0.25, 0.3) is 0 Å². The summed E-state index contributed by atoms with van der Waals surface area (Å²) in [5.41, 5.74) is 4.13. The normalized spacial score (nSPS) is 21.0. The SMILES string of the molecule is C=N/C(NC1(C)CC1)=C(\CC)C(C(=O)N1CCC(c2ccncc2)C1)=C(C)C. The molecule has 3 rings (SSSR count). The molecule has 5 nitrogen and oxygen atoms in total. The highest BCUT2D eigenvalue weighted by molar-refractivity contribution is 5.99. The standard InChI is InChI=1S/C23H32N4O/c1-6-19(21(24-5)26-23(4)10-11-23)20(16(2)3)22(28)27-14-9-18(15-27)17-7-12-25-13-8-17/h7-8,12-13,18,26H,5-6,9-11,14-15H2,1-4H3/b21-19-. The van der Waals surface area contributed by atoms with Gasteiger partial charge in [0.2, 0.25) is 0 Å². The summed E-state index contributed by atoms with van der Waals surface area (Å²) in [5.74, 6) is 1.24. The van der Waals surface area contributed by atoms with Gasteiger partial charge in [-0.05, 0) is 70.9 Å². The van der Waals surface area contributed by atoms with Gasteiger partial charge in [-0.25, -0.2) is 4.99 Å². The highest BCUT2D eigenvalue weighted by Crippen LogP contribution is 2.37. The van der Waals surface area contributed by atoms with E-state index in [-0.39, 0.29) is 11.4 Å². The Balaban J connectivity index is 1.84. The van der Waals surface area contributed by atoms with E-state index in [1.807, 2.05) is 31.1 Å². The Morgan fingerprint density at radius 3 is 2.57 bits per heavy atom. The van der Waals surface area contributed by atoms with E-state index in [2.05, 4.69) is 48.0 Å². The Hall–Kier alpha value is -2.43. The summed E-state index contributed by atoms with van der Waals surface area (Å²) in [6.45, 7) is 13.6. The summed E-state index contributed by atoms with van der Waals surface area (Å²) in [7, 11) is 0. The van der Waals surface area contributed by atoms with E-state index >= 15 is 0 Å². The second-order valence-corrected chi connectivity index (χ2v) is 8.42. The topological polar surface area (TPSA) is 57.6 Å². The van der Waals surface area contributed by atoms with Crippen molar-refractivity contribution < 1.29 is 4.79 Å². The fourth-order valence-corrected chi connectivity index (χ4v) is 3.93. The van der Waals surface area contributed by atoms with Crippen LogP contribution in [0, 0.1) is 0 Å². The number of hydrogen-bond donors (Lipinski definition) is 1. The third kappa shape index (κ3) is 4.34. The summed E-state index contributed by atoms with van der Waals surface area (Å²) in [6.07, 6.45) is 7.63. The van der Waals surface area contributed by atoms with Crippen LogP contribution >= 0.6 is 0 Å². The van der Waals surface area contributed by atoms with Gasteiger partial charge in [0.05, 0.1) is 0 Å². The van der Waals surface area contributed by atoms with Crippen LogP contribution in [-0.2, 0) is 4.79 Å². The van der Waals surface area contributed by atoms with Crippen LogP contribution in [0.2, 0.25) is 0 Å². The molecule has 1 aliphatic heterocycles. The number of aromatic nitrogens is 1. The molecule has 1 N–H and O–H groups in total. The van der Waals surface area contributed by atoms with E-state index in [0.29, 0.717) is 5.92 Å². The monoisotopic (exact) mass is 380 g/mol. The minimum Gasteiger partial charge on any atom is -0.365 e. The average Bonchev–Trinajstić information content (AvgIpc) is 3.21. The predicted molar refractivity (Wildman–Crippen MR) is 114 cm³/mol. The molecule has 1 unspecified atom stereocenters. The molecular formula is C23H32N4O. The van der Waals surface area contributed by atoms with Gasteiger partial charge in [-0.3, -0.25) is 9.78 Å². The van der Waals surface area contributed by atoms with Crippen molar-refractivity contribution in [1.29, 1.82) is 0 Å². The molecule has 0 radical (unpaired) electrons. The molecule has 0 bridgehead atoms. The summed E-state index contributed by atoms with van der Waals surface area (Å²) in [6, 6.07) is 4.11. The molecule has 2 heterocycles. The number of carbonyl (C=O) groups is 1. The first-order valence-electron chi connectivity index (χ1n) is 10.2. The molecule has 150 valence electrons. The minimum absolute atomic E-state index is 0.0901. The van der Waals surface area contributed by atoms with Crippen LogP contribution in [0.5, 0.6) is 0 Å². The van der Waals surface area contributed by atoms with Gasteiger partial charge in [0.25, 0.3) is 5.91 Å². The largest absolute Gasteiger partial charge is 0.365 e. The molecule has 1 amide bonds. The molecule has 0 spiro atoms. The number of nitrogens with one attached hydrogen (secondary N) is 1. The maximum atomic E-state index is 13.5. The molecule has 1 aromatic heterocycles. The number of aliphatic imine (C=N–C) groups is 1. The van der Waals surface area contributed by atoms with Crippen molar-refractivity contribution in [2.75, 3.05) is 13.1 Å². The number of allylic oxidation sites excluding steroid dienone is 1. The first-order chi connectivity index (χ1) is 13.4. The van der Waals surface area contributed by atoms with Crippen molar-refractivity contribution in [2.45, 2.75) is 64.8 Å². The van der Waals surface area contributed by atoms with Crippen molar-refractivity contribution in [1.82, 2.24) is 15.2 Å². The Morgan fingerprint density at radius 1 is 1.36 bits per heavy atom. The lowest BCUT2D eigenvalue weighted by Crippen LogP contribution is -2.33. The van der Waals surface area contributed by atoms with E-state index < -0.39 is 0 Å². The Kier molecular flexibility index (Phi) is 6.01. The molecule has 1 atom stereocenters. The summed E-state index contributed by atoms with van der Waals surface area (Å²) in [4.78, 5) is 23.9. The lowest BCUT2D eigenvalue weighted by Gasteiger charge is -2.24. The average molecular weight is 381 g/mol. The third-order valence-corrected chi connectivity index (χ3v) is 5.89. The van der Waals surface area contributed by atoms with Crippen LogP contribution in [0.3, 0.4) is 0 Å². The molecule has 5 heteroatoms. The Bertz CT molecular complexity index is 801. The van der Waals surface area contributed by atoms with Crippen LogP contribution in [0.15, 0.2) is 52.1 Å². The predicted octanol–water partition coefficient (Wildman–Crippen LogP) is 4.20. The molecule has 1 saturated carbocycles. The van der Waals surface area contributed by atoms with Gasteiger partial charge in [0.1, 0.15) is 5.82 Å². The maximum Gasteiger partial charge on any atom is 0.254 e. The number of pyridine rings is 1. The maximum absolute atomic E-state index is 13.5. The molecule has 1 saturated heterocycles. The number of rotatable bonds is 7. The lowest BCUT2D eigenvalue weighted by atomic mass is 9.97. The zero-order chi connectivity index (χ0) is 20.3. The van der Waals surface area contributed by atoms with Crippen molar-refractivity contribution in [3.8, 4) is 0 Å². The van der Waals surface area contributed by atoms with Crippen molar-refractivity contribution >= 4 is 12.6 Å². The van der Waals surface area contributed by atoms with Gasteiger partial charge in [-0.1, -0.05) is 12.5 Å². The molecule has 2 fully saturated rings. The zero-order valence-electron chi connectivity index (χ0n) is 17.6. The van der Waals surface area contributed by atoms with E-state index in [1.165, 1.54) is 5.56 Å². The fourth-order valence-electron chi connectivity index (χ4n) is 3.93. The summed E-state index contributed by atoms with van der Waals surface area (Å²) in [5, 5.41) is 3.52. The second-order valence-electron chi connectivity index (χ2n) is 8.42. The van der Waals surface area contributed by atoms with E-state index in [9.17, 15) is 4.79 Å². The van der Waals surface area contributed by atoms with Gasteiger partial charge in [0.15, 0.2) is 0 Å². The van der Waals surface area contributed by atoms with Crippen molar-refractivity contribution in [3.05, 3.63) is 52.6 Å². The Labute approximate surface area is 168 Å². The van der Waals surface area contributed by atoms with Crippen LogP contribution in [0.4, 0.5) is 0 Å². The van der Waals surface area contributed by atoms with Crippen molar-refractivity contribution in [2.24, 2.45) is 4.99 Å². The quantitative estimate of drug-likeness (QED) is 0.438. The van der Waals surface area contributed by atoms with Gasteiger partial charge in [-0.2, -0.15) is 0 Å². The first-order valence-corrected chi connectivity index (χ1v) is 10.2. The van der Waals surface area contributed by atoms with Gasteiger partial charge >= 0.3 is 0 Å². The van der Waals surface area contributed by atoms with Crippen molar-refractivity contribution in [3.63, 3.8) is 0 Å². The highest BCUT2D eigenvalue weighted by Gasteiger charge is 2.39. The highest BCUT2D eigenvalue weighted by atomic mass is 16.2. The van der Waals surface area contributed by atoms with E-state index in [0.717, 1.165) is 61.3 Å². The molecule has 28 heavy (non-hydrogen) atoms.